The number of nitrogens with zero attached hydrogens (tertiary/aromatic N) is 2. The summed E-state index contributed by atoms with van der Waals surface area (Å²) in [5, 5.41) is 2.83. The number of anilines is 1. The van der Waals surface area contributed by atoms with Gasteiger partial charge in [-0.3, -0.25) is 4.98 Å². The third-order valence-corrected chi connectivity index (χ3v) is 2.47. The van der Waals surface area contributed by atoms with E-state index in [1.165, 1.54) is 0 Å². The summed E-state index contributed by atoms with van der Waals surface area (Å²) in [4.78, 5) is 8.19. The van der Waals surface area contributed by atoms with Crippen molar-refractivity contribution in [2.24, 2.45) is 0 Å². The SMILES string of the molecule is Cc1cnc(C)c(NCCSC(F)(F)F)n1. The average molecular weight is 251 g/mol. The van der Waals surface area contributed by atoms with Crippen LogP contribution in [0.1, 0.15) is 11.4 Å². The van der Waals surface area contributed by atoms with Gasteiger partial charge < -0.3 is 5.32 Å². The molecule has 0 saturated heterocycles. The molecule has 0 fully saturated rings. The third kappa shape index (κ3) is 4.69. The summed E-state index contributed by atoms with van der Waals surface area (Å²) >= 11 is -0.0478. The van der Waals surface area contributed by atoms with Crippen molar-refractivity contribution in [3.8, 4) is 0 Å². The summed E-state index contributed by atoms with van der Waals surface area (Å²) in [6.45, 7) is 3.75. The normalized spacial score (nSPS) is 11.6. The molecule has 7 heteroatoms. The van der Waals surface area contributed by atoms with E-state index in [2.05, 4.69) is 15.3 Å². The van der Waals surface area contributed by atoms with Crippen LogP contribution >= 0.6 is 11.8 Å². The van der Waals surface area contributed by atoms with Gasteiger partial charge in [0.15, 0.2) is 0 Å². The molecule has 0 radical (unpaired) electrons. The van der Waals surface area contributed by atoms with E-state index in [1.807, 2.05) is 0 Å². The molecule has 0 aliphatic rings. The summed E-state index contributed by atoms with van der Waals surface area (Å²) in [6, 6.07) is 0. The van der Waals surface area contributed by atoms with Crippen molar-refractivity contribution in [1.29, 1.82) is 0 Å². The van der Waals surface area contributed by atoms with Crippen LogP contribution in [0.5, 0.6) is 0 Å². The molecule has 1 heterocycles. The Hall–Kier alpha value is -0.980. The van der Waals surface area contributed by atoms with E-state index < -0.39 is 5.51 Å². The van der Waals surface area contributed by atoms with Gasteiger partial charge in [0, 0.05) is 18.5 Å². The number of halogens is 3. The van der Waals surface area contributed by atoms with Crippen molar-refractivity contribution in [3.63, 3.8) is 0 Å². The summed E-state index contributed by atoms with van der Waals surface area (Å²) < 4.78 is 35.5. The lowest BCUT2D eigenvalue weighted by Crippen LogP contribution is -2.11. The maximum absolute atomic E-state index is 11.8. The Morgan fingerprint density at radius 3 is 2.69 bits per heavy atom. The van der Waals surface area contributed by atoms with Gasteiger partial charge in [0.25, 0.3) is 0 Å². The predicted octanol–water partition coefficient (Wildman–Crippen LogP) is 2.76. The first-order valence-electron chi connectivity index (χ1n) is 4.63. The Labute approximate surface area is 95.9 Å². The highest BCUT2D eigenvalue weighted by atomic mass is 32.2. The first-order chi connectivity index (χ1) is 7.38. The van der Waals surface area contributed by atoms with Crippen molar-refractivity contribution < 1.29 is 13.2 Å². The Bertz CT molecular complexity index is 354. The summed E-state index contributed by atoms with van der Waals surface area (Å²) in [6.07, 6.45) is 1.62. The molecule has 0 aliphatic carbocycles. The minimum Gasteiger partial charge on any atom is -0.368 e. The van der Waals surface area contributed by atoms with Crippen LogP contribution in [0, 0.1) is 13.8 Å². The van der Waals surface area contributed by atoms with Crippen LogP contribution < -0.4 is 5.32 Å². The van der Waals surface area contributed by atoms with Crippen LogP contribution in [0.15, 0.2) is 6.20 Å². The second kappa shape index (κ2) is 5.38. The zero-order chi connectivity index (χ0) is 12.2. The Balaban J connectivity index is 2.40. The fourth-order valence-corrected chi connectivity index (χ4v) is 1.48. The molecule has 0 unspecified atom stereocenters. The predicted molar refractivity (Wildman–Crippen MR) is 58.5 cm³/mol. The molecule has 0 spiro atoms. The highest BCUT2D eigenvalue weighted by molar-refractivity contribution is 8.00. The number of hydrogen-bond acceptors (Lipinski definition) is 4. The van der Waals surface area contributed by atoms with Crippen molar-refractivity contribution in [2.45, 2.75) is 19.4 Å². The van der Waals surface area contributed by atoms with Gasteiger partial charge in [0.2, 0.25) is 0 Å². The van der Waals surface area contributed by atoms with Gasteiger partial charge in [-0.25, -0.2) is 4.98 Å². The minimum atomic E-state index is -4.17. The molecule has 1 aromatic heterocycles. The molecule has 90 valence electrons. The number of thioether (sulfide) groups is 1. The number of aromatic nitrogens is 2. The second-order valence-electron chi connectivity index (χ2n) is 3.17. The lowest BCUT2D eigenvalue weighted by atomic mass is 10.4. The fraction of sp³-hybridized carbons (Fsp3) is 0.556. The molecule has 0 atom stereocenters. The molecule has 0 amide bonds. The molecule has 1 rings (SSSR count). The third-order valence-electron chi connectivity index (χ3n) is 1.74. The number of aryl methyl sites for hydroxylation is 2. The smallest absolute Gasteiger partial charge is 0.368 e. The molecule has 0 bridgehead atoms. The van der Waals surface area contributed by atoms with Crippen LogP contribution in [-0.4, -0.2) is 27.8 Å². The maximum atomic E-state index is 11.8. The van der Waals surface area contributed by atoms with Crippen LogP contribution in [0.25, 0.3) is 0 Å². The van der Waals surface area contributed by atoms with Crippen LogP contribution in [0.3, 0.4) is 0 Å². The van der Waals surface area contributed by atoms with Gasteiger partial charge in [-0.05, 0) is 25.6 Å². The average Bonchev–Trinajstić information content (AvgIpc) is 2.16. The van der Waals surface area contributed by atoms with Crippen molar-refractivity contribution in [3.05, 3.63) is 17.6 Å². The molecule has 1 N–H and O–H groups in total. The van der Waals surface area contributed by atoms with Gasteiger partial charge >= 0.3 is 5.51 Å². The van der Waals surface area contributed by atoms with Crippen LogP contribution in [0.2, 0.25) is 0 Å². The van der Waals surface area contributed by atoms with Gasteiger partial charge in [0.1, 0.15) is 5.82 Å². The molecule has 0 saturated carbocycles. The van der Waals surface area contributed by atoms with E-state index in [1.54, 1.807) is 20.0 Å². The molecular formula is C9H12F3N3S. The zero-order valence-electron chi connectivity index (χ0n) is 8.93. The van der Waals surface area contributed by atoms with Gasteiger partial charge in [0.05, 0.1) is 11.4 Å². The minimum absolute atomic E-state index is 0.0431. The highest BCUT2D eigenvalue weighted by Crippen LogP contribution is 2.29. The van der Waals surface area contributed by atoms with E-state index >= 15 is 0 Å². The van der Waals surface area contributed by atoms with E-state index in [0.29, 0.717) is 11.5 Å². The van der Waals surface area contributed by atoms with Crippen molar-refractivity contribution in [1.82, 2.24) is 9.97 Å². The first-order valence-corrected chi connectivity index (χ1v) is 5.62. The van der Waals surface area contributed by atoms with Gasteiger partial charge in [-0.15, -0.1) is 0 Å². The standard InChI is InChI=1S/C9H12F3N3S/c1-6-5-14-7(2)8(15-6)13-3-4-16-9(10,11)12/h5H,3-4H2,1-2H3,(H,13,15). The summed E-state index contributed by atoms with van der Waals surface area (Å²) in [5.41, 5.74) is -2.76. The van der Waals surface area contributed by atoms with Crippen LogP contribution in [0.4, 0.5) is 19.0 Å². The number of hydrogen-bond donors (Lipinski definition) is 1. The quantitative estimate of drug-likeness (QED) is 0.835. The number of rotatable bonds is 4. The Morgan fingerprint density at radius 1 is 1.38 bits per heavy atom. The Morgan fingerprint density at radius 2 is 2.06 bits per heavy atom. The van der Waals surface area contributed by atoms with Crippen molar-refractivity contribution >= 4 is 17.6 Å². The largest absolute Gasteiger partial charge is 0.441 e. The van der Waals surface area contributed by atoms with Gasteiger partial charge in [-0.1, -0.05) is 0 Å². The Kier molecular flexibility index (Phi) is 4.40. The second-order valence-corrected chi connectivity index (χ2v) is 4.33. The topological polar surface area (TPSA) is 37.8 Å². The molecular weight excluding hydrogens is 239 g/mol. The monoisotopic (exact) mass is 251 g/mol. The van der Waals surface area contributed by atoms with E-state index in [-0.39, 0.29) is 24.1 Å². The highest BCUT2D eigenvalue weighted by Gasteiger charge is 2.27. The maximum Gasteiger partial charge on any atom is 0.441 e. The molecule has 16 heavy (non-hydrogen) atoms. The fourth-order valence-electron chi connectivity index (χ4n) is 1.04. The summed E-state index contributed by atoms with van der Waals surface area (Å²) in [5.74, 6) is 0.501. The number of nitrogens with one attached hydrogen (secondary N) is 1. The lowest BCUT2D eigenvalue weighted by Gasteiger charge is -2.09. The molecule has 1 aromatic rings. The van der Waals surface area contributed by atoms with E-state index in [9.17, 15) is 13.2 Å². The molecule has 0 aromatic carbocycles. The zero-order valence-corrected chi connectivity index (χ0v) is 9.74. The molecule has 3 nitrogen and oxygen atoms in total. The molecule has 0 aliphatic heterocycles. The lowest BCUT2D eigenvalue weighted by molar-refractivity contribution is -0.0327. The van der Waals surface area contributed by atoms with E-state index in [4.69, 9.17) is 0 Å². The van der Waals surface area contributed by atoms with Gasteiger partial charge in [-0.2, -0.15) is 13.2 Å². The van der Waals surface area contributed by atoms with E-state index in [0.717, 1.165) is 5.69 Å². The first kappa shape index (κ1) is 13.1. The van der Waals surface area contributed by atoms with Crippen LogP contribution in [-0.2, 0) is 0 Å². The summed E-state index contributed by atoms with van der Waals surface area (Å²) in [7, 11) is 0. The van der Waals surface area contributed by atoms with Crippen molar-refractivity contribution in [2.75, 3.05) is 17.6 Å². The number of alkyl halides is 3.